The average Bonchev–Trinajstić information content (AvgIpc) is 2.66. The van der Waals surface area contributed by atoms with Crippen LogP contribution in [0.1, 0.15) is 18.4 Å². The maximum atomic E-state index is 11.9. The van der Waals surface area contributed by atoms with Gasteiger partial charge in [0.05, 0.1) is 16.6 Å². The van der Waals surface area contributed by atoms with Crippen LogP contribution in [-0.2, 0) is 14.3 Å². The zero-order valence-corrected chi connectivity index (χ0v) is 17.0. The second-order valence-electron chi connectivity index (χ2n) is 5.99. The van der Waals surface area contributed by atoms with E-state index in [2.05, 4.69) is 5.32 Å². The lowest BCUT2D eigenvalue weighted by Crippen LogP contribution is -2.21. The summed E-state index contributed by atoms with van der Waals surface area (Å²) in [5.41, 5.74) is 0.610. The molecule has 0 saturated heterocycles. The molecule has 0 radical (unpaired) electrons. The van der Waals surface area contributed by atoms with Gasteiger partial charge in [-0.2, -0.15) is 0 Å². The quantitative estimate of drug-likeness (QED) is 0.265. The molecule has 0 aromatic heterocycles. The number of carbonyl (C=O) groups is 2. The van der Waals surface area contributed by atoms with Gasteiger partial charge in [0.15, 0.2) is 6.61 Å². The number of carbonyl (C=O) groups excluding carboxylic acids is 2. The highest BCUT2D eigenvalue weighted by Crippen LogP contribution is 2.27. The molecule has 0 unspecified atom stereocenters. The topological polar surface area (TPSA) is 108 Å². The number of anilines is 1. The molecule has 29 heavy (non-hydrogen) atoms. The SMILES string of the molecule is Cc1ccc(NC(=O)COC(=O)CCCOc2ccc(Cl)cc2Cl)cc1[N+](=O)[O-]. The summed E-state index contributed by atoms with van der Waals surface area (Å²) in [5.74, 6) is -0.711. The smallest absolute Gasteiger partial charge is 0.306 e. The maximum Gasteiger partial charge on any atom is 0.306 e. The van der Waals surface area contributed by atoms with E-state index in [0.717, 1.165) is 0 Å². The van der Waals surface area contributed by atoms with Crippen molar-refractivity contribution in [3.8, 4) is 5.75 Å². The summed E-state index contributed by atoms with van der Waals surface area (Å²) in [6.07, 6.45) is 0.415. The Morgan fingerprint density at radius 3 is 2.62 bits per heavy atom. The van der Waals surface area contributed by atoms with Gasteiger partial charge in [-0.3, -0.25) is 19.7 Å². The molecular weight excluding hydrogens is 423 g/mol. The number of aryl methyl sites for hydroxylation is 1. The van der Waals surface area contributed by atoms with E-state index in [9.17, 15) is 19.7 Å². The Morgan fingerprint density at radius 1 is 1.17 bits per heavy atom. The predicted octanol–water partition coefficient (Wildman–Crippen LogP) is 4.55. The van der Waals surface area contributed by atoms with E-state index in [1.165, 1.54) is 18.2 Å². The van der Waals surface area contributed by atoms with Crippen LogP contribution in [0.3, 0.4) is 0 Å². The maximum absolute atomic E-state index is 11.9. The minimum atomic E-state index is -0.597. The average molecular weight is 441 g/mol. The van der Waals surface area contributed by atoms with Gasteiger partial charge >= 0.3 is 5.97 Å². The second-order valence-corrected chi connectivity index (χ2v) is 6.84. The predicted molar refractivity (Wildman–Crippen MR) is 109 cm³/mol. The number of amides is 1. The molecule has 0 saturated carbocycles. The van der Waals surface area contributed by atoms with Crippen molar-refractivity contribution in [2.24, 2.45) is 0 Å². The molecule has 1 amide bonds. The molecule has 0 atom stereocenters. The number of nitrogens with zero attached hydrogens (tertiary/aromatic N) is 1. The lowest BCUT2D eigenvalue weighted by Gasteiger charge is -2.09. The Bertz CT molecular complexity index is 920. The van der Waals surface area contributed by atoms with Gasteiger partial charge < -0.3 is 14.8 Å². The molecule has 0 aliphatic heterocycles. The van der Waals surface area contributed by atoms with Gasteiger partial charge in [-0.15, -0.1) is 0 Å². The highest BCUT2D eigenvalue weighted by Gasteiger charge is 2.13. The molecule has 0 bridgehead atoms. The van der Waals surface area contributed by atoms with Crippen LogP contribution in [0.25, 0.3) is 0 Å². The van der Waals surface area contributed by atoms with Crippen LogP contribution in [-0.4, -0.2) is 30.0 Å². The number of esters is 1. The number of hydrogen-bond acceptors (Lipinski definition) is 6. The van der Waals surface area contributed by atoms with Crippen molar-refractivity contribution in [1.29, 1.82) is 0 Å². The van der Waals surface area contributed by atoms with E-state index in [4.69, 9.17) is 32.7 Å². The largest absolute Gasteiger partial charge is 0.492 e. The fourth-order valence-electron chi connectivity index (χ4n) is 2.29. The summed E-state index contributed by atoms with van der Waals surface area (Å²) in [6.45, 7) is 1.33. The summed E-state index contributed by atoms with van der Waals surface area (Å²) >= 11 is 11.8. The zero-order valence-electron chi connectivity index (χ0n) is 15.4. The molecule has 2 aromatic rings. The normalized spacial score (nSPS) is 10.3. The third-order valence-corrected chi connectivity index (χ3v) is 4.26. The van der Waals surface area contributed by atoms with Gasteiger partial charge in [-0.1, -0.05) is 29.3 Å². The number of nitrogens with one attached hydrogen (secondary N) is 1. The minimum Gasteiger partial charge on any atom is -0.492 e. The van der Waals surface area contributed by atoms with Crippen LogP contribution in [0.4, 0.5) is 11.4 Å². The lowest BCUT2D eigenvalue weighted by molar-refractivity contribution is -0.385. The monoisotopic (exact) mass is 440 g/mol. The van der Waals surface area contributed by atoms with Crippen molar-refractivity contribution in [3.05, 3.63) is 62.1 Å². The third kappa shape index (κ3) is 7.24. The molecule has 154 valence electrons. The molecule has 0 aliphatic carbocycles. The summed E-state index contributed by atoms with van der Waals surface area (Å²) in [6, 6.07) is 9.11. The van der Waals surface area contributed by atoms with Crippen molar-refractivity contribution < 1.29 is 24.0 Å². The van der Waals surface area contributed by atoms with Gasteiger partial charge in [0.2, 0.25) is 0 Å². The van der Waals surface area contributed by atoms with Crippen molar-refractivity contribution in [1.82, 2.24) is 0 Å². The molecule has 10 heteroatoms. The molecule has 1 N–H and O–H groups in total. The Morgan fingerprint density at radius 2 is 1.93 bits per heavy atom. The number of hydrogen-bond donors (Lipinski definition) is 1. The molecule has 0 spiro atoms. The van der Waals surface area contributed by atoms with Gasteiger partial charge in [0.25, 0.3) is 11.6 Å². The molecule has 0 aliphatic rings. The molecule has 8 nitrogen and oxygen atoms in total. The van der Waals surface area contributed by atoms with Gasteiger partial charge in [-0.05, 0) is 37.6 Å². The summed E-state index contributed by atoms with van der Waals surface area (Å²) in [4.78, 5) is 34.0. The number of rotatable bonds is 9. The zero-order chi connectivity index (χ0) is 21.4. The van der Waals surface area contributed by atoms with E-state index < -0.39 is 23.4 Å². The summed E-state index contributed by atoms with van der Waals surface area (Å²) in [5, 5.41) is 14.2. The lowest BCUT2D eigenvalue weighted by atomic mass is 10.2. The summed E-state index contributed by atoms with van der Waals surface area (Å²) in [7, 11) is 0. The Labute approximate surface area is 176 Å². The first-order chi connectivity index (χ1) is 13.8. The van der Waals surface area contributed by atoms with Crippen molar-refractivity contribution in [2.45, 2.75) is 19.8 Å². The van der Waals surface area contributed by atoms with Gasteiger partial charge in [-0.25, -0.2) is 0 Å². The fourth-order valence-corrected chi connectivity index (χ4v) is 2.75. The Hall–Kier alpha value is -2.84. The highest BCUT2D eigenvalue weighted by molar-refractivity contribution is 6.35. The first-order valence-corrected chi connectivity index (χ1v) is 9.30. The van der Waals surface area contributed by atoms with Crippen molar-refractivity contribution >= 4 is 46.5 Å². The van der Waals surface area contributed by atoms with Gasteiger partial charge in [0.1, 0.15) is 5.75 Å². The molecular formula is C19H18Cl2N2O6. The van der Waals surface area contributed by atoms with E-state index in [1.807, 2.05) is 0 Å². The molecule has 0 heterocycles. The number of nitro benzene ring substituents is 1. The number of nitro groups is 1. The third-order valence-electron chi connectivity index (χ3n) is 3.73. The van der Waals surface area contributed by atoms with Crippen LogP contribution < -0.4 is 10.1 Å². The van der Waals surface area contributed by atoms with Crippen molar-refractivity contribution in [3.63, 3.8) is 0 Å². The first-order valence-electron chi connectivity index (χ1n) is 8.54. The Kier molecular flexibility index (Phi) is 8.23. The van der Waals surface area contributed by atoms with Crippen LogP contribution in [0, 0.1) is 17.0 Å². The highest BCUT2D eigenvalue weighted by atomic mass is 35.5. The Balaban J connectivity index is 1.70. The van der Waals surface area contributed by atoms with E-state index >= 15 is 0 Å². The van der Waals surface area contributed by atoms with E-state index in [0.29, 0.717) is 27.8 Å². The van der Waals surface area contributed by atoms with E-state index in [-0.39, 0.29) is 24.4 Å². The number of halogens is 2. The van der Waals surface area contributed by atoms with Crippen molar-refractivity contribution in [2.75, 3.05) is 18.5 Å². The van der Waals surface area contributed by atoms with E-state index in [1.54, 1.807) is 25.1 Å². The second kappa shape index (κ2) is 10.6. The molecule has 0 fully saturated rings. The summed E-state index contributed by atoms with van der Waals surface area (Å²) < 4.78 is 10.3. The van der Waals surface area contributed by atoms with Crippen LogP contribution in [0.2, 0.25) is 10.0 Å². The fraction of sp³-hybridized carbons (Fsp3) is 0.263. The molecule has 2 aromatic carbocycles. The van der Waals surface area contributed by atoms with Crippen LogP contribution in [0.5, 0.6) is 5.75 Å². The number of benzene rings is 2. The number of ether oxygens (including phenoxy) is 2. The minimum absolute atomic E-state index is 0.0501. The first kappa shape index (κ1) is 22.4. The van der Waals surface area contributed by atoms with Crippen LogP contribution >= 0.6 is 23.2 Å². The van der Waals surface area contributed by atoms with Gasteiger partial charge in [0, 0.05) is 28.8 Å². The van der Waals surface area contributed by atoms with Crippen LogP contribution in [0.15, 0.2) is 36.4 Å². The molecule has 2 rings (SSSR count). The standard InChI is InChI=1S/C19H18Cl2N2O6/c1-12-4-6-14(10-16(12)23(26)27)22-18(24)11-29-19(25)3-2-8-28-17-7-5-13(20)9-15(17)21/h4-7,9-10H,2-3,8,11H2,1H3,(H,22,24).